The largest absolute Gasteiger partial charge is 0.310 e. The van der Waals surface area contributed by atoms with Crippen LogP contribution in [0.15, 0.2) is 243 Å². The van der Waals surface area contributed by atoms with Gasteiger partial charge in [-0.25, -0.2) is 0 Å². The molecule has 0 aliphatic heterocycles. The first-order valence-electron chi connectivity index (χ1n) is 31.3. The number of rotatable bonds is 18. The van der Waals surface area contributed by atoms with Gasteiger partial charge in [0.15, 0.2) is 0 Å². The van der Waals surface area contributed by atoms with Crippen LogP contribution < -0.4 is 9.80 Å². The van der Waals surface area contributed by atoms with Crippen molar-refractivity contribution in [2.24, 2.45) is 11.8 Å². The highest BCUT2D eigenvalue weighted by atomic mass is 15.1. The van der Waals surface area contributed by atoms with Crippen LogP contribution in [0.4, 0.5) is 34.1 Å². The van der Waals surface area contributed by atoms with Gasteiger partial charge in [-0.15, -0.1) is 0 Å². The number of fused-ring (bicyclic) bond motifs is 15. The predicted octanol–water partition coefficient (Wildman–Crippen LogP) is 24.5. The van der Waals surface area contributed by atoms with Gasteiger partial charge in [-0.1, -0.05) is 237 Å². The third-order valence-electron chi connectivity index (χ3n) is 18.7. The van der Waals surface area contributed by atoms with Crippen LogP contribution in [-0.2, 0) is 12.8 Å². The van der Waals surface area contributed by atoms with Gasteiger partial charge in [-0.3, -0.25) is 0 Å². The normalized spacial score (nSPS) is 12.7. The van der Waals surface area contributed by atoms with Crippen LogP contribution in [0.25, 0.3) is 97.0 Å². The quantitative estimate of drug-likeness (QED) is 0.0624. The lowest BCUT2D eigenvalue weighted by atomic mass is 9.85. The highest BCUT2D eigenvalue weighted by Crippen LogP contribution is 2.47. The average Bonchev–Trinajstić information content (AvgIpc) is 2.95. The fourth-order valence-corrected chi connectivity index (χ4v) is 14.1. The molecule has 0 heterocycles. The second kappa shape index (κ2) is 23.0. The molecule has 2 unspecified atom stereocenters. The maximum absolute atomic E-state index is 2.60. The third-order valence-corrected chi connectivity index (χ3v) is 18.7. The highest BCUT2D eigenvalue weighted by molar-refractivity contribution is 6.33. The minimum atomic E-state index is 0.650. The Kier molecular flexibility index (Phi) is 14.5. The summed E-state index contributed by atoms with van der Waals surface area (Å²) in [5, 5.41) is 23.0. The van der Waals surface area contributed by atoms with E-state index >= 15 is 0 Å². The summed E-state index contributed by atoms with van der Waals surface area (Å²) in [7, 11) is 0. The zero-order valence-corrected chi connectivity index (χ0v) is 49.2. The second-order valence-electron chi connectivity index (χ2n) is 24.0. The maximum Gasteiger partial charge on any atom is 0.0468 e. The lowest BCUT2D eigenvalue weighted by Crippen LogP contribution is -2.10. The summed E-state index contributed by atoms with van der Waals surface area (Å²) < 4.78 is 0. The number of hydrogen-bond donors (Lipinski definition) is 0. The molecule has 14 rings (SSSR count). The molecule has 0 radical (unpaired) electrons. The highest BCUT2D eigenvalue weighted by Gasteiger charge is 2.22. The molecule has 2 heteroatoms. The monoisotopic (exact) mass is 1090 g/mol. The van der Waals surface area contributed by atoms with Crippen LogP contribution >= 0.6 is 0 Å². The van der Waals surface area contributed by atoms with Crippen LogP contribution in [0.2, 0.25) is 0 Å². The molecule has 0 spiro atoms. The summed E-state index contributed by atoms with van der Waals surface area (Å²) in [5.41, 5.74) is 9.70. The summed E-state index contributed by atoms with van der Waals surface area (Å²) in [6.45, 7) is 9.42. The molecule has 0 aromatic heterocycles. The van der Waals surface area contributed by atoms with E-state index in [9.17, 15) is 0 Å². The Labute approximate surface area is 495 Å². The van der Waals surface area contributed by atoms with Crippen molar-refractivity contribution in [2.75, 3.05) is 9.80 Å². The number of hydrogen-bond acceptors (Lipinski definition) is 2. The Morgan fingerprint density at radius 1 is 0.250 bits per heavy atom. The molecule has 0 saturated heterocycles. The lowest BCUT2D eigenvalue weighted by molar-refractivity contribution is 0.449. The van der Waals surface area contributed by atoms with E-state index in [-0.39, 0.29) is 0 Å². The van der Waals surface area contributed by atoms with Gasteiger partial charge < -0.3 is 9.80 Å². The maximum atomic E-state index is 2.60. The van der Waals surface area contributed by atoms with Crippen molar-refractivity contribution in [1.29, 1.82) is 0 Å². The van der Waals surface area contributed by atoms with E-state index in [2.05, 4.69) is 280 Å². The van der Waals surface area contributed by atoms with Gasteiger partial charge in [-0.2, -0.15) is 0 Å². The molecule has 2 nitrogen and oxygen atoms in total. The molecule has 412 valence electrons. The smallest absolute Gasteiger partial charge is 0.0468 e. The Morgan fingerprint density at radius 2 is 0.560 bits per heavy atom. The van der Waals surface area contributed by atoms with Crippen LogP contribution in [-0.4, -0.2) is 0 Å². The van der Waals surface area contributed by atoms with Crippen molar-refractivity contribution in [1.82, 2.24) is 0 Å². The molecule has 14 aromatic rings. The second-order valence-corrected chi connectivity index (χ2v) is 24.0. The zero-order chi connectivity index (χ0) is 56.7. The Morgan fingerprint density at radius 3 is 0.952 bits per heavy atom. The summed E-state index contributed by atoms with van der Waals surface area (Å²) in [5.74, 6) is 1.30. The van der Waals surface area contributed by atoms with E-state index in [1.807, 2.05) is 0 Å². The Bertz CT molecular complexity index is 4680. The average molecular weight is 1090 g/mol. The molecule has 0 N–H and O–H groups in total. The minimum Gasteiger partial charge on any atom is -0.310 e. The van der Waals surface area contributed by atoms with E-state index in [4.69, 9.17) is 0 Å². The summed E-state index contributed by atoms with van der Waals surface area (Å²) >= 11 is 0. The number of nitrogens with zero attached hydrogens (tertiary/aromatic N) is 2. The summed E-state index contributed by atoms with van der Waals surface area (Å²) in [6, 6.07) is 92.6. The summed E-state index contributed by atoms with van der Waals surface area (Å²) in [6.07, 6.45) is 12.1. The Balaban J connectivity index is 1.03. The van der Waals surface area contributed by atoms with Gasteiger partial charge in [0.2, 0.25) is 0 Å². The topological polar surface area (TPSA) is 6.48 Å². The minimum absolute atomic E-state index is 0.650. The van der Waals surface area contributed by atoms with E-state index < -0.39 is 0 Å². The summed E-state index contributed by atoms with van der Waals surface area (Å²) in [4.78, 5) is 4.91. The van der Waals surface area contributed by atoms with E-state index in [1.165, 1.54) is 159 Å². The number of anilines is 6. The van der Waals surface area contributed by atoms with Crippen molar-refractivity contribution in [3.8, 4) is 0 Å². The molecule has 0 aliphatic carbocycles. The van der Waals surface area contributed by atoms with Gasteiger partial charge in [0.25, 0.3) is 0 Å². The van der Waals surface area contributed by atoms with Crippen molar-refractivity contribution in [3.63, 3.8) is 0 Å². The number of benzene rings is 14. The van der Waals surface area contributed by atoms with Crippen LogP contribution in [0, 0.1) is 11.8 Å². The molecule has 0 saturated carbocycles. The lowest BCUT2D eigenvalue weighted by Gasteiger charge is -2.27. The predicted molar refractivity (Wildman–Crippen MR) is 367 cm³/mol. The number of para-hydroxylation sites is 1. The van der Waals surface area contributed by atoms with Gasteiger partial charge in [0.1, 0.15) is 0 Å². The number of unbranched alkanes of at least 4 members (excludes halogenated alkanes) is 2. The van der Waals surface area contributed by atoms with Crippen LogP contribution in [0.5, 0.6) is 0 Å². The molecule has 0 amide bonds. The fourth-order valence-electron chi connectivity index (χ4n) is 14.1. The molecular weight excluding hydrogens is 1010 g/mol. The SMILES string of the molecule is CCCCC(CC)Cc1ccc2c(c1)c1cc3c4ccc(N(c5ccc6ccccc6c5)c5ccc6ccccc6c5)cc4c4ccc(CC(CC)CCCC)cc4c3cc1c1ccc(N(c3ccccc3)c3ccc4ccccc4c3)cc21. The van der Waals surface area contributed by atoms with Crippen molar-refractivity contribution < 1.29 is 0 Å². The zero-order valence-electron chi connectivity index (χ0n) is 49.2. The molecule has 0 fully saturated rings. The van der Waals surface area contributed by atoms with E-state index in [0.29, 0.717) is 11.8 Å². The van der Waals surface area contributed by atoms with E-state index in [1.54, 1.807) is 0 Å². The van der Waals surface area contributed by atoms with Crippen molar-refractivity contribution in [2.45, 2.75) is 91.9 Å². The van der Waals surface area contributed by atoms with Crippen molar-refractivity contribution >= 4 is 131 Å². The molecule has 0 aliphatic rings. The molecule has 2 atom stereocenters. The van der Waals surface area contributed by atoms with Crippen LogP contribution in [0.3, 0.4) is 0 Å². The van der Waals surface area contributed by atoms with Gasteiger partial charge in [0, 0.05) is 34.1 Å². The molecule has 84 heavy (non-hydrogen) atoms. The first-order valence-corrected chi connectivity index (χ1v) is 31.3. The third kappa shape index (κ3) is 9.96. The molecule has 0 bridgehead atoms. The first kappa shape index (κ1) is 53.1. The van der Waals surface area contributed by atoms with Crippen molar-refractivity contribution in [3.05, 3.63) is 254 Å². The van der Waals surface area contributed by atoms with Gasteiger partial charge >= 0.3 is 0 Å². The van der Waals surface area contributed by atoms with Crippen LogP contribution in [0.1, 0.15) is 90.2 Å². The fraction of sp³-hybridized carbons (Fsp3) is 0.195. The van der Waals surface area contributed by atoms with Gasteiger partial charge in [0.05, 0.1) is 0 Å². The first-order chi connectivity index (χ1) is 41.4. The molecular formula is C82H74N2. The molecule has 14 aromatic carbocycles. The Hall–Kier alpha value is -8.98. The standard InChI is InChI=1S/C82H74N2/c1-5-9-20-55(7-3)44-57-30-40-71-75(46-57)81-54-80-74-43-39-70(84(67-36-33-60-23-15-18-26-63(60)49-67)68-37-34-61-24-16-19-27-64(61)50-68)52-78(74)72-41-31-58(45-56(8-4)21-10-6-2)47-76(72)82(80)53-79(81)73-42-38-69(51-77(71)73)83(65-28-12-11-13-29-65)66-35-32-59-22-14-17-25-62(59)48-66/h11-19,22-43,46-56H,5-10,20-21,44-45H2,1-4H3. The van der Waals surface area contributed by atoms with E-state index in [0.717, 1.165) is 47.0 Å². The van der Waals surface area contributed by atoms with Gasteiger partial charge in [-0.05, 0) is 218 Å².